The summed E-state index contributed by atoms with van der Waals surface area (Å²) in [5.74, 6) is -0.728. The second kappa shape index (κ2) is 11.9. The molecule has 7 heteroatoms. The summed E-state index contributed by atoms with van der Waals surface area (Å²) in [5.41, 5.74) is 4.01. The quantitative estimate of drug-likeness (QED) is 0.352. The molecule has 1 fully saturated rings. The average molecular weight is 535 g/mol. The molecule has 1 N–H and O–H groups in total. The molecule has 2 aliphatic rings. The first-order chi connectivity index (χ1) is 18.5. The summed E-state index contributed by atoms with van der Waals surface area (Å²) in [5, 5.41) is 10.6. The summed E-state index contributed by atoms with van der Waals surface area (Å²) in [6.07, 6.45) is 8.46. The lowest BCUT2D eigenvalue weighted by Gasteiger charge is -2.34. The lowest BCUT2D eigenvalue weighted by atomic mass is 9.77. The van der Waals surface area contributed by atoms with Gasteiger partial charge in [-0.3, -0.25) is 14.5 Å². The van der Waals surface area contributed by atoms with Crippen LogP contribution in [0.2, 0.25) is 0 Å². The van der Waals surface area contributed by atoms with E-state index in [1.54, 1.807) is 0 Å². The topological polar surface area (TPSA) is 74.0 Å². The van der Waals surface area contributed by atoms with Crippen molar-refractivity contribution in [2.45, 2.75) is 65.8 Å². The number of benzene rings is 1. The van der Waals surface area contributed by atoms with Crippen molar-refractivity contribution >= 4 is 17.6 Å². The van der Waals surface area contributed by atoms with Crippen LogP contribution in [0, 0.1) is 11.3 Å². The largest absolute Gasteiger partial charge is 0.493 e. The van der Waals surface area contributed by atoms with Crippen LogP contribution in [0.5, 0.6) is 5.75 Å². The van der Waals surface area contributed by atoms with Gasteiger partial charge in [-0.1, -0.05) is 44.6 Å². The zero-order valence-corrected chi connectivity index (χ0v) is 24.3. The summed E-state index contributed by atoms with van der Waals surface area (Å²) >= 11 is 0. The normalized spacial score (nSPS) is 20.8. The van der Waals surface area contributed by atoms with E-state index in [1.807, 2.05) is 53.2 Å². The standard InChI is InChI=1S/C32H43N3O4/c1-7-13-35(25-9-8-14-33(6)19-25)29(36)21-34-20-26(23-10-11-28-24(16-23)12-15-39-28)30(31(37)38)27(34)18-32(4,5)17-22(2)3/h8-11,14,16-17,19,26-27,30H,7,12-13,15,18,20-21H2,1-6H3/p+1/t26-,27+,30?/m1/s1. The number of rotatable bonds is 10. The number of hydrogen-bond donors (Lipinski definition) is 1. The van der Waals surface area contributed by atoms with Gasteiger partial charge in [-0.05, 0) is 55.4 Å². The summed E-state index contributed by atoms with van der Waals surface area (Å²) < 4.78 is 7.65. The summed E-state index contributed by atoms with van der Waals surface area (Å²) in [6.45, 7) is 12.5. The molecule has 4 rings (SSSR count). The van der Waals surface area contributed by atoms with Crippen molar-refractivity contribution < 1.29 is 24.0 Å². The number of aliphatic carboxylic acids is 1. The Bertz CT molecular complexity index is 1230. The van der Waals surface area contributed by atoms with E-state index in [4.69, 9.17) is 4.74 Å². The maximum absolute atomic E-state index is 13.9. The molecule has 1 aromatic carbocycles. The molecule has 2 aromatic rings. The molecule has 210 valence electrons. The number of aryl methyl sites for hydroxylation is 1. The number of nitrogens with zero attached hydrogens (tertiary/aromatic N) is 3. The van der Waals surface area contributed by atoms with Crippen molar-refractivity contribution in [2.24, 2.45) is 18.4 Å². The smallest absolute Gasteiger partial charge is 0.308 e. The molecule has 0 radical (unpaired) electrons. The molecular formula is C32H44N3O4+. The number of likely N-dealkylation sites (tertiary alicyclic amines) is 1. The number of allylic oxidation sites excluding steroid dienone is 2. The highest BCUT2D eigenvalue weighted by Crippen LogP contribution is 2.44. The van der Waals surface area contributed by atoms with E-state index in [9.17, 15) is 14.7 Å². The lowest BCUT2D eigenvalue weighted by Crippen LogP contribution is -2.46. The van der Waals surface area contributed by atoms with Gasteiger partial charge in [0.2, 0.25) is 5.91 Å². The number of carbonyl (C=O) groups is 2. The Morgan fingerprint density at radius 2 is 2.03 bits per heavy atom. The SMILES string of the molecule is CCCN(C(=O)CN1C[C@H](c2ccc3c(c2)CCO3)C(C(=O)O)[C@@H]1CC(C)(C)C=C(C)C)c1ccc[n+](C)c1. The second-order valence-corrected chi connectivity index (χ2v) is 12.1. The Morgan fingerprint density at radius 3 is 2.69 bits per heavy atom. The zero-order valence-electron chi connectivity index (χ0n) is 24.3. The van der Waals surface area contributed by atoms with Crippen molar-refractivity contribution in [2.75, 3.05) is 31.1 Å². The van der Waals surface area contributed by atoms with Gasteiger partial charge in [0.15, 0.2) is 12.4 Å². The Hall–Kier alpha value is -3.19. The summed E-state index contributed by atoms with van der Waals surface area (Å²) in [7, 11) is 1.95. The Labute approximate surface area is 233 Å². The second-order valence-electron chi connectivity index (χ2n) is 12.1. The van der Waals surface area contributed by atoms with Crippen molar-refractivity contribution in [1.82, 2.24) is 4.90 Å². The molecule has 1 amide bonds. The van der Waals surface area contributed by atoms with E-state index in [1.165, 1.54) is 5.57 Å². The fraction of sp³-hybridized carbons (Fsp3) is 0.531. The third-order valence-corrected chi connectivity index (χ3v) is 7.91. The first kappa shape index (κ1) is 28.8. The van der Waals surface area contributed by atoms with Crippen molar-refractivity contribution in [3.63, 3.8) is 0 Å². The van der Waals surface area contributed by atoms with E-state index in [0.717, 1.165) is 35.4 Å². The number of ether oxygens (including phenoxy) is 1. The van der Waals surface area contributed by atoms with E-state index >= 15 is 0 Å². The Kier molecular flexibility index (Phi) is 8.80. The van der Waals surface area contributed by atoms with Gasteiger partial charge < -0.3 is 14.7 Å². The molecule has 0 spiro atoms. The van der Waals surface area contributed by atoms with E-state index in [-0.39, 0.29) is 29.8 Å². The van der Waals surface area contributed by atoms with Crippen LogP contribution in [0.4, 0.5) is 5.69 Å². The first-order valence-corrected chi connectivity index (χ1v) is 14.1. The third-order valence-electron chi connectivity index (χ3n) is 7.91. The zero-order chi connectivity index (χ0) is 28.3. The fourth-order valence-corrected chi connectivity index (χ4v) is 6.51. The number of carboxylic acids is 1. The van der Waals surface area contributed by atoms with Crippen LogP contribution in [0.15, 0.2) is 54.4 Å². The van der Waals surface area contributed by atoms with Crippen LogP contribution in [-0.4, -0.2) is 54.2 Å². The molecule has 3 atom stereocenters. The monoisotopic (exact) mass is 534 g/mol. The highest BCUT2D eigenvalue weighted by atomic mass is 16.5. The molecule has 2 aliphatic heterocycles. The highest BCUT2D eigenvalue weighted by Gasteiger charge is 2.48. The molecule has 3 heterocycles. The number of anilines is 1. The van der Waals surface area contributed by atoms with Gasteiger partial charge in [0.05, 0.1) is 19.1 Å². The van der Waals surface area contributed by atoms with Gasteiger partial charge in [-0.15, -0.1) is 0 Å². The average Bonchev–Trinajstić information content (AvgIpc) is 3.45. The van der Waals surface area contributed by atoms with E-state index < -0.39 is 11.9 Å². The molecule has 1 aromatic heterocycles. The number of aromatic nitrogens is 1. The molecule has 1 saturated heterocycles. The number of pyridine rings is 1. The minimum atomic E-state index is -0.801. The van der Waals surface area contributed by atoms with Crippen LogP contribution in [0.3, 0.4) is 0 Å². The van der Waals surface area contributed by atoms with Gasteiger partial charge in [0.25, 0.3) is 0 Å². The molecule has 0 bridgehead atoms. The van der Waals surface area contributed by atoms with Crippen LogP contribution < -0.4 is 14.2 Å². The van der Waals surface area contributed by atoms with Gasteiger partial charge in [-0.2, -0.15) is 0 Å². The maximum Gasteiger partial charge on any atom is 0.308 e. The lowest BCUT2D eigenvalue weighted by molar-refractivity contribution is -0.670. The fourth-order valence-electron chi connectivity index (χ4n) is 6.51. The van der Waals surface area contributed by atoms with Crippen molar-refractivity contribution in [1.29, 1.82) is 0 Å². The van der Waals surface area contributed by atoms with E-state index in [0.29, 0.717) is 26.1 Å². The van der Waals surface area contributed by atoms with Gasteiger partial charge in [0.1, 0.15) is 18.5 Å². The number of fused-ring (bicyclic) bond motifs is 1. The van der Waals surface area contributed by atoms with Gasteiger partial charge in [-0.25, -0.2) is 4.57 Å². The number of amides is 1. The Morgan fingerprint density at radius 1 is 1.26 bits per heavy atom. The minimum Gasteiger partial charge on any atom is -0.493 e. The van der Waals surface area contributed by atoms with Crippen molar-refractivity contribution in [3.8, 4) is 5.75 Å². The first-order valence-electron chi connectivity index (χ1n) is 14.1. The van der Waals surface area contributed by atoms with Gasteiger partial charge in [0, 0.05) is 37.5 Å². The minimum absolute atomic E-state index is 0.000197. The molecule has 7 nitrogen and oxygen atoms in total. The van der Waals surface area contributed by atoms with Gasteiger partial charge >= 0.3 is 5.97 Å². The molecular weight excluding hydrogens is 490 g/mol. The predicted octanol–water partition coefficient (Wildman–Crippen LogP) is 4.74. The molecule has 0 aliphatic carbocycles. The Balaban J connectivity index is 1.69. The van der Waals surface area contributed by atoms with Crippen molar-refractivity contribution in [3.05, 3.63) is 65.5 Å². The van der Waals surface area contributed by atoms with Crippen LogP contribution >= 0.6 is 0 Å². The molecule has 1 unspecified atom stereocenters. The number of carbonyl (C=O) groups excluding carboxylic acids is 1. The van der Waals surface area contributed by atoms with Crippen LogP contribution in [0.1, 0.15) is 64.5 Å². The third kappa shape index (κ3) is 6.70. The predicted molar refractivity (Wildman–Crippen MR) is 153 cm³/mol. The summed E-state index contributed by atoms with van der Waals surface area (Å²) in [6, 6.07) is 9.75. The number of hydrogen-bond acceptors (Lipinski definition) is 4. The highest BCUT2D eigenvalue weighted by molar-refractivity contribution is 5.94. The maximum atomic E-state index is 13.9. The van der Waals surface area contributed by atoms with Crippen LogP contribution in [-0.2, 0) is 23.1 Å². The van der Waals surface area contributed by atoms with E-state index in [2.05, 4.69) is 51.7 Å². The number of carboxylic acid groups (broad SMARTS) is 1. The van der Waals surface area contributed by atoms with Crippen LogP contribution in [0.25, 0.3) is 0 Å². The molecule has 39 heavy (non-hydrogen) atoms. The summed E-state index contributed by atoms with van der Waals surface area (Å²) in [4.78, 5) is 30.7. The molecule has 0 saturated carbocycles.